The standard InChI is InChI=1S/C19H38N10O6S/c1-9(30)13(16(33)28-12(17(34)35)5-3-7-26-19(23)24)29-15(32)11(4-2-6-25-18(21)22)27-14(31)10(20)8-36/h9-13,30,36H,2-8,20H2,1H3,(H,27,31)(H,28,33)(H,29,32)(H,34,35)(H4,21,22,25)(H4,23,24,26). The van der Waals surface area contributed by atoms with Gasteiger partial charge in [0.25, 0.3) is 0 Å². The van der Waals surface area contributed by atoms with Crippen molar-refractivity contribution in [3.05, 3.63) is 0 Å². The van der Waals surface area contributed by atoms with Crippen molar-refractivity contribution < 1.29 is 29.4 Å². The van der Waals surface area contributed by atoms with Crippen LogP contribution in [0.15, 0.2) is 9.98 Å². The van der Waals surface area contributed by atoms with Crippen LogP contribution < -0.4 is 44.6 Å². The number of carboxylic acids is 1. The number of carbonyl (C=O) groups is 4. The third-order valence-electron chi connectivity index (χ3n) is 4.73. The summed E-state index contributed by atoms with van der Waals surface area (Å²) in [5.41, 5.74) is 26.6. The van der Waals surface area contributed by atoms with Gasteiger partial charge in [-0.2, -0.15) is 12.6 Å². The molecular weight excluding hydrogens is 496 g/mol. The number of amides is 3. The zero-order valence-corrected chi connectivity index (χ0v) is 21.0. The molecule has 17 heteroatoms. The van der Waals surface area contributed by atoms with E-state index in [0.29, 0.717) is 0 Å². The molecule has 36 heavy (non-hydrogen) atoms. The predicted molar refractivity (Wildman–Crippen MR) is 137 cm³/mol. The monoisotopic (exact) mass is 534 g/mol. The van der Waals surface area contributed by atoms with Gasteiger partial charge < -0.3 is 54.8 Å². The summed E-state index contributed by atoms with van der Waals surface area (Å²) in [6.07, 6.45) is -0.804. The second-order valence-electron chi connectivity index (χ2n) is 7.87. The van der Waals surface area contributed by atoms with Crippen LogP contribution in [0.3, 0.4) is 0 Å². The Balaban J connectivity index is 5.41. The summed E-state index contributed by atoms with van der Waals surface area (Å²) in [4.78, 5) is 57.0. The molecule has 5 unspecified atom stereocenters. The largest absolute Gasteiger partial charge is 0.480 e. The fraction of sp³-hybridized carbons (Fsp3) is 0.684. The maximum absolute atomic E-state index is 12.9. The highest BCUT2D eigenvalue weighted by Gasteiger charge is 2.32. The Morgan fingerprint density at radius 1 is 0.833 bits per heavy atom. The van der Waals surface area contributed by atoms with Gasteiger partial charge in [-0.3, -0.25) is 24.4 Å². The van der Waals surface area contributed by atoms with Gasteiger partial charge in [0.15, 0.2) is 11.9 Å². The molecule has 0 saturated carbocycles. The van der Waals surface area contributed by atoms with Crippen molar-refractivity contribution in [1.29, 1.82) is 0 Å². The van der Waals surface area contributed by atoms with Crippen molar-refractivity contribution in [2.45, 2.75) is 62.9 Å². The highest BCUT2D eigenvalue weighted by atomic mass is 32.1. The molecular formula is C19H38N10O6S. The van der Waals surface area contributed by atoms with E-state index in [0.717, 1.165) is 0 Å². The first-order valence-electron chi connectivity index (χ1n) is 11.1. The summed E-state index contributed by atoms with van der Waals surface area (Å²) in [6.45, 7) is 1.55. The molecule has 0 heterocycles. The summed E-state index contributed by atoms with van der Waals surface area (Å²) in [7, 11) is 0. The van der Waals surface area contributed by atoms with Gasteiger partial charge in [-0.05, 0) is 32.6 Å². The van der Waals surface area contributed by atoms with Crippen LogP contribution in [0.4, 0.5) is 0 Å². The number of nitrogens with zero attached hydrogens (tertiary/aromatic N) is 2. The van der Waals surface area contributed by atoms with Gasteiger partial charge in [0.1, 0.15) is 18.1 Å². The first-order chi connectivity index (χ1) is 16.8. The molecule has 0 bridgehead atoms. The minimum absolute atomic E-state index is 0.0105. The summed E-state index contributed by atoms with van der Waals surface area (Å²) in [5, 5.41) is 26.6. The molecule has 0 aliphatic heterocycles. The average molecular weight is 535 g/mol. The van der Waals surface area contributed by atoms with Crippen LogP contribution >= 0.6 is 12.6 Å². The fourth-order valence-corrected chi connectivity index (χ4v) is 2.98. The Hall–Kier alpha value is -3.31. The molecule has 5 atom stereocenters. The van der Waals surface area contributed by atoms with Gasteiger partial charge in [-0.15, -0.1) is 0 Å². The number of aliphatic hydroxyl groups excluding tert-OH is 1. The van der Waals surface area contributed by atoms with E-state index in [4.69, 9.17) is 28.7 Å². The van der Waals surface area contributed by atoms with Gasteiger partial charge in [0.2, 0.25) is 17.7 Å². The fourth-order valence-electron chi connectivity index (χ4n) is 2.82. The van der Waals surface area contributed by atoms with Crippen molar-refractivity contribution in [2.75, 3.05) is 18.8 Å². The predicted octanol–water partition coefficient (Wildman–Crippen LogP) is -4.73. The molecule has 0 spiro atoms. The lowest BCUT2D eigenvalue weighted by molar-refractivity contribution is -0.143. The van der Waals surface area contributed by atoms with E-state index < -0.39 is 54.0 Å². The van der Waals surface area contributed by atoms with E-state index in [1.165, 1.54) is 6.92 Å². The van der Waals surface area contributed by atoms with Crippen LogP contribution in [0.1, 0.15) is 32.6 Å². The number of aliphatic hydroxyl groups is 1. The second kappa shape index (κ2) is 17.2. The SMILES string of the molecule is CC(O)C(NC(=O)C(CCCN=C(N)N)NC(=O)C(N)CS)C(=O)NC(CCCN=C(N)N)C(=O)O. The molecule has 0 rings (SSSR count). The van der Waals surface area contributed by atoms with Crippen molar-refractivity contribution in [3.63, 3.8) is 0 Å². The number of guanidine groups is 2. The van der Waals surface area contributed by atoms with Crippen molar-refractivity contribution >= 4 is 48.2 Å². The topological polar surface area (TPSA) is 300 Å². The smallest absolute Gasteiger partial charge is 0.326 e. The Morgan fingerprint density at radius 3 is 1.72 bits per heavy atom. The molecule has 206 valence electrons. The zero-order chi connectivity index (χ0) is 27.8. The summed E-state index contributed by atoms with van der Waals surface area (Å²) in [5.74, 6) is -4.00. The van der Waals surface area contributed by atoms with E-state index in [1.54, 1.807) is 0 Å². The maximum atomic E-state index is 12.9. The quantitative estimate of drug-likeness (QED) is 0.0364. The lowest BCUT2D eigenvalue weighted by atomic mass is 10.1. The van der Waals surface area contributed by atoms with Gasteiger partial charge in [-0.25, -0.2) is 4.79 Å². The number of nitrogens with one attached hydrogen (secondary N) is 3. The van der Waals surface area contributed by atoms with Gasteiger partial charge in [0, 0.05) is 18.8 Å². The number of carbonyl (C=O) groups excluding carboxylic acids is 3. The average Bonchev–Trinajstić information content (AvgIpc) is 2.79. The Bertz CT molecular complexity index is 802. The van der Waals surface area contributed by atoms with Crippen LogP contribution in [0.5, 0.6) is 0 Å². The van der Waals surface area contributed by atoms with Gasteiger partial charge >= 0.3 is 5.97 Å². The molecule has 0 radical (unpaired) electrons. The minimum Gasteiger partial charge on any atom is -0.480 e. The summed E-state index contributed by atoms with van der Waals surface area (Å²) in [6, 6.07) is -4.99. The molecule has 15 N–H and O–H groups in total. The van der Waals surface area contributed by atoms with Crippen LogP contribution in [0.2, 0.25) is 0 Å². The molecule has 0 aromatic carbocycles. The number of nitrogens with two attached hydrogens (primary N) is 5. The molecule has 0 aliphatic carbocycles. The Morgan fingerprint density at radius 2 is 1.31 bits per heavy atom. The molecule has 0 fully saturated rings. The van der Waals surface area contributed by atoms with E-state index >= 15 is 0 Å². The number of carboxylic acid groups (broad SMARTS) is 1. The van der Waals surface area contributed by atoms with Gasteiger partial charge in [-0.1, -0.05) is 0 Å². The number of rotatable bonds is 17. The normalized spacial score (nSPS) is 14.8. The zero-order valence-electron chi connectivity index (χ0n) is 20.1. The lowest BCUT2D eigenvalue weighted by Gasteiger charge is -2.26. The first kappa shape index (κ1) is 32.7. The number of hydrogen-bond donors (Lipinski definition) is 11. The minimum atomic E-state index is -1.52. The number of hydrogen-bond acceptors (Lipinski definition) is 9. The first-order valence-corrected chi connectivity index (χ1v) is 11.7. The number of aliphatic imine (C=N–C) groups is 2. The van der Waals surface area contributed by atoms with Gasteiger partial charge in [0.05, 0.1) is 12.1 Å². The van der Waals surface area contributed by atoms with Crippen molar-refractivity contribution in [3.8, 4) is 0 Å². The van der Waals surface area contributed by atoms with Crippen LogP contribution in [-0.4, -0.2) is 94.9 Å². The van der Waals surface area contributed by atoms with E-state index in [9.17, 15) is 29.4 Å². The molecule has 0 aromatic heterocycles. The third-order valence-corrected chi connectivity index (χ3v) is 5.13. The van der Waals surface area contributed by atoms with E-state index in [1.807, 2.05) is 0 Å². The molecule has 16 nitrogen and oxygen atoms in total. The lowest BCUT2D eigenvalue weighted by Crippen LogP contribution is -2.60. The Kier molecular flexibility index (Phi) is 15.6. The van der Waals surface area contributed by atoms with Crippen LogP contribution in [0, 0.1) is 0 Å². The third kappa shape index (κ3) is 13.5. The molecule has 0 aliphatic rings. The molecule has 3 amide bonds. The van der Waals surface area contributed by atoms with E-state index in [-0.39, 0.29) is 56.4 Å². The summed E-state index contributed by atoms with van der Waals surface area (Å²) >= 11 is 3.95. The highest BCUT2D eigenvalue weighted by Crippen LogP contribution is 2.05. The van der Waals surface area contributed by atoms with Crippen molar-refractivity contribution in [2.24, 2.45) is 38.7 Å². The Labute approximate surface area is 214 Å². The van der Waals surface area contributed by atoms with E-state index in [2.05, 4.69) is 38.6 Å². The summed E-state index contributed by atoms with van der Waals surface area (Å²) < 4.78 is 0. The number of aliphatic carboxylic acids is 1. The highest BCUT2D eigenvalue weighted by molar-refractivity contribution is 7.80. The maximum Gasteiger partial charge on any atom is 0.326 e. The van der Waals surface area contributed by atoms with Crippen LogP contribution in [-0.2, 0) is 19.2 Å². The molecule has 0 aromatic rings. The number of thiol groups is 1. The second-order valence-corrected chi connectivity index (χ2v) is 8.24. The van der Waals surface area contributed by atoms with Crippen LogP contribution in [0.25, 0.3) is 0 Å². The van der Waals surface area contributed by atoms with Crippen molar-refractivity contribution in [1.82, 2.24) is 16.0 Å². The molecule has 0 saturated heterocycles.